The van der Waals surface area contributed by atoms with Gasteiger partial charge in [0.05, 0.1) is 5.56 Å². The Balaban J connectivity index is 2.83. The molecule has 2 aromatic rings. The van der Waals surface area contributed by atoms with E-state index in [2.05, 4.69) is 0 Å². The van der Waals surface area contributed by atoms with Crippen molar-refractivity contribution in [1.82, 2.24) is 0 Å². The molecule has 4 nitrogen and oxygen atoms in total. The minimum absolute atomic E-state index is 0.134. The summed E-state index contributed by atoms with van der Waals surface area (Å²) < 4.78 is 4.99. The van der Waals surface area contributed by atoms with Gasteiger partial charge in [0.25, 0.3) is 0 Å². The van der Waals surface area contributed by atoms with Gasteiger partial charge in [-0.3, -0.25) is 4.79 Å². The van der Waals surface area contributed by atoms with Gasteiger partial charge in [0, 0.05) is 5.39 Å². The summed E-state index contributed by atoms with van der Waals surface area (Å²) in [5, 5.41) is 19.1. The van der Waals surface area contributed by atoms with E-state index in [-0.39, 0.29) is 22.9 Å². The number of hydrogen-bond donors (Lipinski definition) is 2. The molecule has 0 aliphatic rings. The fraction of sp³-hybridized carbons (Fsp3) is 0.100. The van der Waals surface area contributed by atoms with Gasteiger partial charge in [0.2, 0.25) is 5.75 Å². The first kappa shape index (κ1) is 8.62. The van der Waals surface area contributed by atoms with Crippen molar-refractivity contribution < 1.29 is 19.4 Å². The Bertz CT molecular complexity index is 510. The summed E-state index contributed by atoms with van der Waals surface area (Å²) >= 11 is 0. The Hall–Kier alpha value is -1.97. The molecular weight excluding hydrogens is 184 g/mol. The van der Waals surface area contributed by atoms with Gasteiger partial charge in [0.1, 0.15) is 6.26 Å². The van der Waals surface area contributed by atoms with Crippen molar-refractivity contribution >= 4 is 16.8 Å². The maximum absolute atomic E-state index is 11.1. The molecule has 0 saturated carbocycles. The van der Waals surface area contributed by atoms with Gasteiger partial charge in [-0.05, 0) is 19.1 Å². The van der Waals surface area contributed by atoms with E-state index in [4.69, 9.17) is 4.42 Å². The molecule has 0 bridgehead atoms. The summed E-state index contributed by atoms with van der Waals surface area (Å²) in [4.78, 5) is 11.1. The standard InChI is InChI=1S/C10H8O4/c1-5(11)7-4-14-10-6(7)2-3-8(12)9(10)13/h2-4,12-13H,1H3. The lowest BCUT2D eigenvalue weighted by Gasteiger charge is -1.97. The molecule has 14 heavy (non-hydrogen) atoms. The van der Waals surface area contributed by atoms with Crippen LogP contribution in [0.15, 0.2) is 22.8 Å². The van der Waals surface area contributed by atoms with Gasteiger partial charge in [-0.15, -0.1) is 0 Å². The van der Waals surface area contributed by atoms with Gasteiger partial charge in [0.15, 0.2) is 17.1 Å². The Morgan fingerprint density at radius 3 is 2.71 bits per heavy atom. The maximum atomic E-state index is 11.1. The molecule has 1 heterocycles. The van der Waals surface area contributed by atoms with E-state index in [1.807, 2.05) is 0 Å². The third-order valence-electron chi connectivity index (χ3n) is 2.07. The minimum Gasteiger partial charge on any atom is -0.504 e. The van der Waals surface area contributed by atoms with Crippen molar-refractivity contribution in [2.45, 2.75) is 6.92 Å². The van der Waals surface area contributed by atoms with Crippen molar-refractivity contribution in [3.8, 4) is 11.5 Å². The van der Waals surface area contributed by atoms with Gasteiger partial charge >= 0.3 is 0 Å². The molecule has 0 aliphatic heterocycles. The number of benzene rings is 1. The highest BCUT2D eigenvalue weighted by Gasteiger charge is 2.14. The second-order valence-electron chi connectivity index (χ2n) is 3.02. The third kappa shape index (κ3) is 1.04. The van der Waals surface area contributed by atoms with Gasteiger partial charge < -0.3 is 14.6 Å². The van der Waals surface area contributed by atoms with E-state index in [0.29, 0.717) is 10.9 Å². The number of phenols is 2. The van der Waals surface area contributed by atoms with Crippen LogP contribution in [-0.2, 0) is 0 Å². The quantitative estimate of drug-likeness (QED) is 0.535. The molecule has 4 heteroatoms. The summed E-state index contributed by atoms with van der Waals surface area (Å²) in [6.45, 7) is 1.41. The highest BCUT2D eigenvalue weighted by molar-refractivity contribution is 6.07. The maximum Gasteiger partial charge on any atom is 0.201 e. The van der Waals surface area contributed by atoms with Gasteiger partial charge in [-0.1, -0.05) is 0 Å². The molecule has 0 unspecified atom stereocenters. The number of hydrogen-bond acceptors (Lipinski definition) is 4. The average molecular weight is 192 g/mol. The lowest BCUT2D eigenvalue weighted by molar-refractivity contribution is 0.101. The lowest BCUT2D eigenvalue weighted by atomic mass is 10.1. The largest absolute Gasteiger partial charge is 0.504 e. The SMILES string of the molecule is CC(=O)c1coc2c(O)c(O)ccc12. The summed E-state index contributed by atoms with van der Waals surface area (Å²) in [6, 6.07) is 2.85. The first-order chi connectivity index (χ1) is 6.61. The predicted molar refractivity (Wildman–Crippen MR) is 49.5 cm³/mol. The normalized spacial score (nSPS) is 10.6. The van der Waals surface area contributed by atoms with Crippen LogP contribution >= 0.6 is 0 Å². The van der Waals surface area contributed by atoms with Crippen LogP contribution in [0.1, 0.15) is 17.3 Å². The molecule has 0 saturated heterocycles. The summed E-state index contributed by atoms with van der Waals surface area (Å²) in [7, 11) is 0. The first-order valence-corrected chi connectivity index (χ1v) is 4.04. The van der Waals surface area contributed by atoms with Crippen LogP contribution in [0.4, 0.5) is 0 Å². The molecule has 72 valence electrons. The average Bonchev–Trinajstić information content (AvgIpc) is 2.55. The number of carbonyl (C=O) groups excluding carboxylic acids is 1. The zero-order chi connectivity index (χ0) is 10.3. The Morgan fingerprint density at radius 2 is 2.07 bits per heavy atom. The van der Waals surface area contributed by atoms with E-state index in [0.717, 1.165) is 0 Å². The van der Waals surface area contributed by atoms with Crippen LogP contribution in [0.2, 0.25) is 0 Å². The smallest absolute Gasteiger partial charge is 0.201 e. The summed E-state index contributed by atoms with van der Waals surface area (Å²) in [6.07, 6.45) is 1.27. The molecule has 1 aromatic carbocycles. The number of phenolic OH excluding ortho intramolecular Hbond substituents is 2. The van der Waals surface area contributed by atoms with Crippen LogP contribution in [0.3, 0.4) is 0 Å². The lowest BCUT2D eigenvalue weighted by Crippen LogP contribution is -1.88. The predicted octanol–water partition coefficient (Wildman–Crippen LogP) is 2.05. The summed E-state index contributed by atoms with van der Waals surface area (Å²) in [5.74, 6) is -0.745. The number of carbonyl (C=O) groups is 1. The van der Waals surface area contributed by atoms with Crippen LogP contribution in [0.25, 0.3) is 11.0 Å². The zero-order valence-corrected chi connectivity index (χ0v) is 7.44. The van der Waals surface area contributed by atoms with Crippen LogP contribution in [0.5, 0.6) is 11.5 Å². The summed E-state index contributed by atoms with van der Waals surface area (Å²) in [5.41, 5.74) is 0.533. The molecule has 0 radical (unpaired) electrons. The monoisotopic (exact) mass is 192 g/mol. The third-order valence-corrected chi connectivity index (χ3v) is 2.07. The van der Waals surface area contributed by atoms with Crippen molar-refractivity contribution in [2.75, 3.05) is 0 Å². The number of aromatic hydroxyl groups is 2. The molecule has 2 N–H and O–H groups in total. The molecule has 1 aromatic heterocycles. The number of ketones is 1. The van der Waals surface area contributed by atoms with Crippen molar-refractivity contribution in [3.63, 3.8) is 0 Å². The Kier molecular flexibility index (Phi) is 1.70. The molecule has 2 rings (SSSR count). The number of furan rings is 1. The van der Waals surface area contributed by atoms with Crippen molar-refractivity contribution in [2.24, 2.45) is 0 Å². The van der Waals surface area contributed by atoms with E-state index in [1.165, 1.54) is 25.3 Å². The number of rotatable bonds is 1. The highest BCUT2D eigenvalue weighted by Crippen LogP contribution is 2.35. The zero-order valence-electron chi connectivity index (χ0n) is 7.44. The minimum atomic E-state index is -0.338. The molecule has 0 atom stereocenters. The molecule has 0 aliphatic carbocycles. The van der Waals surface area contributed by atoms with Crippen LogP contribution in [0, 0.1) is 0 Å². The number of Topliss-reactive ketones (excluding diaryl/α,β-unsaturated/α-hetero) is 1. The molecule has 0 spiro atoms. The molecular formula is C10H8O4. The topological polar surface area (TPSA) is 70.7 Å². The van der Waals surface area contributed by atoms with E-state index >= 15 is 0 Å². The van der Waals surface area contributed by atoms with Crippen molar-refractivity contribution in [3.05, 3.63) is 24.0 Å². The Morgan fingerprint density at radius 1 is 1.36 bits per heavy atom. The Labute approximate surface area is 79.4 Å². The van der Waals surface area contributed by atoms with Crippen LogP contribution < -0.4 is 0 Å². The fourth-order valence-corrected chi connectivity index (χ4v) is 1.35. The second-order valence-corrected chi connectivity index (χ2v) is 3.02. The van der Waals surface area contributed by atoms with E-state index < -0.39 is 0 Å². The molecule has 0 amide bonds. The van der Waals surface area contributed by atoms with Crippen LogP contribution in [-0.4, -0.2) is 16.0 Å². The molecule has 0 fully saturated rings. The first-order valence-electron chi connectivity index (χ1n) is 4.04. The fourth-order valence-electron chi connectivity index (χ4n) is 1.35. The second kappa shape index (κ2) is 2.77. The van der Waals surface area contributed by atoms with E-state index in [1.54, 1.807) is 0 Å². The van der Waals surface area contributed by atoms with Gasteiger partial charge in [-0.2, -0.15) is 0 Å². The van der Waals surface area contributed by atoms with Crippen molar-refractivity contribution in [1.29, 1.82) is 0 Å². The highest BCUT2D eigenvalue weighted by atomic mass is 16.4. The number of fused-ring (bicyclic) bond motifs is 1. The van der Waals surface area contributed by atoms with E-state index in [9.17, 15) is 15.0 Å². The van der Waals surface area contributed by atoms with Gasteiger partial charge in [-0.25, -0.2) is 0 Å².